The van der Waals surface area contributed by atoms with Crippen LogP contribution in [-0.4, -0.2) is 37.2 Å². The zero-order valence-electron chi connectivity index (χ0n) is 9.08. The summed E-state index contributed by atoms with van der Waals surface area (Å²) in [6.07, 6.45) is 5.33. The SMILES string of the molecule is CCOC(=O)/C=C/CNCC(C)SC. The molecule has 0 radical (unpaired) electrons. The Hall–Kier alpha value is -0.480. The van der Waals surface area contributed by atoms with E-state index in [0.29, 0.717) is 18.4 Å². The predicted molar refractivity (Wildman–Crippen MR) is 61.6 cm³/mol. The van der Waals surface area contributed by atoms with E-state index >= 15 is 0 Å². The quantitative estimate of drug-likeness (QED) is 0.398. The largest absolute Gasteiger partial charge is 0.463 e. The molecule has 4 heteroatoms. The number of carbonyl (C=O) groups is 1. The molecule has 0 aliphatic heterocycles. The van der Waals surface area contributed by atoms with Crippen molar-refractivity contribution in [3.63, 3.8) is 0 Å². The Morgan fingerprint density at radius 3 is 2.93 bits per heavy atom. The fraction of sp³-hybridized carbons (Fsp3) is 0.700. The molecular weight excluding hydrogens is 198 g/mol. The summed E-state index contributed by atoms with van der Waals surface area (Å²) in [6, 6.07) is 0. The second-order valence-corrected chi connectivity index (χ2v) is 4.14. The van der Waals surface area contributed by atoms with E-state index in [1.54, 1.807) is 13.0 Å². The summed E-state index contributed by atoms with van der Waals surface area (Å²) in [5, 5.41) is 3.82. The van der Waals surface area contributed by atoms with Gasteiger partial charge in [0.25, 0.3) is 0 Å². The van der Waals surface area contributed by atoms with Gasteiger partial charge in [0, 0.05) is 24.4 Å². The monoisotopic (exact) mass is 217 g/mol. The van der Waals surface area contributed by atoms with Crippen molar-refractivity contribution >= 4 is 17.7 Å². The Kier molecular flexibility index (Phi) is 8.78. The molecule has 1 N–H and O–H groups in total. The summed E-state index contributed by atoms with van der Waals surface area (Å²) < 4.78 is 4.73. The minimum absolute atomic E-state index is 0.271. The number of hydrogen-bond donors (Lipinski definition) is 1. The maximum absolute atomic E-state index is 10.9. The van der Waals surface area contributed by atoms with E-state index in [-0.39, 0.29) is 5.97 Å². The Bertz CT molecular complexity index is 183. The van der Waals surface area contributed by atoms with Gasteiger partial charge in [0.15, 0.2) is 0 Å². The van der Waals surface area contributed by atoms with Crippen LogP contribution in [0.1, 0.15) is 13.8 Å². The summed E-state index contributed by atoms with van der Waals surface area (Å²) in [7, 11) is 0. The lowest BCUT2D eigenvalue weighted by Gasteiger charge is -2.07. The minimum atomic E-state index is -0.271. The second-order valence-electron chi connectivity index (χ2n) is 2.86. The Labute approximate surface area is 90.3 Å². The summed E-state index contributed by atoms with van der Waals surface area (Å²) in [5.41, 5.74) is 0. The summed E-state index contributed by atoms with van der Waals surface area (Å²) in [4.78, 5) is 10.9. The van der Waals surface area contributed by atoms with Crippen LogP contribution in [0.2, 0.25) is 0 Å². The number of rotatable bonds is 7. The van der Waals surface area contributed by atoms with E-state index in [1.165, 1.54) is 6.08 Å². The van der Waals surface area contributed by atoms with Gasteiger partial charge in [-0.15, -0.1) is 0 Å². The van der Waals surface area contributed by atoms with Gasteiger partial charge in [0.1, 0.15) is 0 Å². The molecule has 14 heavy (non-hydrogen) atoms. The van der Waals surface area contributed by atoms with Crippen LogP contribution in [0.15, 0.2) is 12.2 Å². The average Bonchev–Trinajstić information content (AvgIpc) is 2.17. The molecule has 0 aliphatic carbocycles. The van der Waals surface area contributed by atoms with Crippen LogP contribution < -0.4 is 5.32 Å². The predicted octanol–water partition coefficient (Wildman–Crippen LogP) is 1.45. The lowest BCUT2D eigenvalue weighted by molar-refractivity contribution is -0.137. The van der Waals surface area contributed by atoms with Crippen LogP contribution in [0, 0.1) is 0 Å². The molecule has 0 fully saturated rings. The van der Waals surface area contributed by atoms with E-state index in [9.17, 15) is 4.79 Å². The maximum atomic E-state index is 10.9. The molecule has 0 aromatic heterocycles. The third-order valence-electron chi connectivity index (χ3n) is 1.64. The number of thioether (sulfide) groups is 1. The molecule has 0 heterocycles. The maximum Gasteiger partial charge on any atom is 0.330 e. The van der Waals surface area contributed by atoms with E-state index < -0.39 is 0 Å². The fourth-order valence-corrected chi connectivity index (χ4v) is 1.08. The van der Waals surface area contributed by atoms with Gasteiger partial charge in [0.2, 0.25) is 0 Å². The first kappa shape index (κ1) is 13.5. The number of nitrogens with one attached hydrogen (secondary N) is 1. The second kappa shape index (κ2) is 9.09. The minimum Gasteiger partial charge on any atom is -0.463 e. The first-order valence-corrected chi connectivity index (χ1v) is 6.06. The van der Waals surface area contributed by atoms with Crippen LogP contribution in [0.5, 0.6) is 0 Å². The van der Waals surface area contributed by atoms with Crippen LogP contribution in [-0.2, 0) is 9.53 Å². The Balaban J connectivity index is 3.39. The molecule has 0 saturated heterocycles. The molecular formula is C10H19NO2S. The third-order valence-corrected chi connectivity index (χ3v) is 2.61. The van der Waals surface area contributed by atoms with Gasteiger partial charge in [-0.2, -0.15) is 11.8 Å². The molecule has 0 aliphatic rings. The van der Waals surface area contributed by atoms with Crippen molar-refractivity contribution in [2.24, 2.45) is 0 Å². The highest BCUT2D eigenvalue weighted by atomic mass is 32.2. The van der Waals surface area contributed by atoms with Crippen LogP contribution in [0.3, 0.4) is 0 Å². The fourth-order valence-electron chi connectivity index (χ4n) is 0.799. The van der Waals surface area contributed by atoms with Gasteiger partial charge >= 0.3 is 5.97 Å². The zero-order valence-corrected chi connectivity index (χ0v) is 9.89. The Morgan fingerprint density at radius 2 is 2.36 bits per heavy atom. The molecule has 0 aromatic carbocycles. The van der Waals surface area contributed by atoms with Crippen LogP contribution >= 0.6 is 11.8 Å². The van der Waals surface area contributed by atoms with Crippen LogP contribution in [0.25, 0.3) is 0 Å². The van der Waals surface area contributed by atoms with Gasteiger partial charge in [0.05, 0.1) is 6.61 Å². The van der Waals surface area contributed by atoms with Crippen molar-refractivity contribution in [1.29, 1.82) is 0 Å². The smallest absolute Gasteiger partial charge is 0.330 e. The molecule has 1 atom stereocenters. The van der Waals surface area contributed by atoms with Crippen molar-refractivity contribution in [3.05, 3.63) is 12.2 Å². The first-order valence-electron chi connectivity index (χ1n) is 4.77. The van der Waals surface area contributed by atoms with Gasteiger partial charge < -0.3 is 10.1 Å². The lowest BCUT2D eigenvalue weighted by Crippen LogP contribution is -2.22. The highest BCUT2D eigenvalue weighted by molar-refractivity contribution is 7.99. The van der Waals surface area contributed by atoms with Crippen molar-refractivity contribution < 1.29 is 9.53 Å². The topological polar surface area (TPSA) is 38.3 Å². The highest BCUT2D eigenvalue weighted by Gasteiger charge is 1.96. The van der Waals surface area contributed by atoms with E-state index in [1.807, 2.05) is 11.8 Å². The average molecular weight is 217 g/mol. The van der Waals surface area contributed by atoms with Crippen LogP contribution in [0.4, 0.5) is 0 Å². The number of hydrogen-bond acceptors (Lipinski definition) is 4. The number of esters is 1. The van der Waals surface area contributed by atoms with Gasteiger partial charge in [-0.05, 0) is 13.2 Å². The molecule has 0 spiro atoms. The van der Waals surface area contributed by atoms with Gasteiger partial charge in [-0.3, -0.25) is 0 Å². The molecule has 0 saturated carbocycles. The molecule has 0 rings (SSSR count). The lowest BCUT2D eigenvalue weighted by atomic mass is 10.4. The molecule has 82 valence electrons. The van der Waals surface area contributed by atoms with Crippen molar-refractivity contribution in [1.82, 2.24) is 5.32 Å². The summed E-state index contributed by atoms with van der Waals surface area (Å²) in [6.45, 7) is 6.05. The standard InChI is InChI=1S/C10H19NO2S/c1-4-13-10(12)6-5-7-11-8-9(2)14-3/h5-6,9,11H,4,7-8H2,1-3H3/b6-5+. The van der Waals surface area contributed by atoms with E-state index in [0.717, 1.165) is 6.54 Å². The third kappa shape index (κ3) is 8.13. The highest BCUT2D eigenvalue weighted by Crippen LogP contribution is 2.01. The molecule has 0 bridgehead atoms. The van der Waals surface area contributed by atoms with Gasteiger partial charge in [-0.1, -0.05) is 13.0 Å². The number of carbonyl (C=O) groups excluding carboxylic acids is 1. The Morgan fingerprint density at radius 1 is 1.64 bits per heavy atom. The molecule has 0 amide bonds. The molecule has 3 nitrogen and oxygen atoms in total. The van der Waals surface area contributed by atoms with Crippen molar-refractivity contribution in [3.8, 4) is 0 Å². The van der Waals surface area contributed by atoms with E-state index in [4.69, 9.17) is 4.74 Å². The number of ether oxygens (including phenoxy) is 1. The van der Waals surface area contributed by atoms with Gasteiger partial charge in [-0.25, -0.2) is 4.79 Å². The zero-order chi connectivity index (χ0) is 10.8. The summed E-state index contributed by atoms with van der Waals surface area (Å²) in [5.74, 6) is -0.271. The molecule has 0 aromatic rings. The molecule has 1 unspecified atom stereocenters. The summed E-state index contributed by atoms with van der Waals surface area (Å²) >= 11 is 1.82. The first-order chi connectivity index (χ1) is 6.70. The van der Waals surface area contributed by atoms with Crippen molar-refractivity contribution in [2.75, 3.05) is 26.0 Å². The normalized spacial score (nSPS) is 13.1. The van der Waals surface area contributed by atoms with E-state index in [2.05, 4.69) is 18.5 Å². The van der Waals surface area contributed by atoms with Crippen molar-refractivity contribution in [2.45, 2.75) is 19.1 Å².